The number of rotatable bonds is 6. The fraction of sp³-hybridized carbons (Fsp3) is 0.875. The molecule has 0 spiro atoms. The highest BCUT2D eigenvalue weighted by molar-refractivity contribution is 4.96. The van der Waals surface area contributed by atoms with E-state index in [9.17, 15) is 0 Å². The molecule has 1 aliphatic carbocycles. The highest BCUT2D eigenvalue weighted by Crippen LogP contribution is 2.41. The lowest BCUT2D eigenvalue weighted by molar-refractivity contribution is 0.164. The lowest BCUT2D eigenvalue weighted by atomic mass is 9.68. The van der Waals surface area contributed by atoms with Crippen LogP contribution in [0.3, 0.4) is 0 Å². The molecule has 1 rings (SSSR count). The minimum atomic E-state index is 0.528. The summed E-state index contributed by atoms with van der Waals surface area (Å²) in [6.07, 6.45) is 14.6. The zero-order valence-electron chi connectivity index (χ0n) is 11.8. The second-order valence-corrected chi connectivity index (χ2v) is 6.79. The molecule has 0 aliphatic heterocycles. The Labute approximate surface area is 103 Å². The van der Waals surface area contributed by atoms with Gasteiger partial charge in [0.2, 0.25) is 0 Å². The molecule has 1 saturated carbocycles. The van der Waals surface area contributed by atoms with Crippen LogP contribution in [0.1, 0.15) is 72.6 Å². The van der Waals surface area contributed by atoms with Crippen molar-refractivity contribution in [3.05, 3.63) is 12.2 Å². The largest absolute Gasteiger partial charge is 0.0883 e. The summed E-state index contributed by atoms with van der Waals surface area (Å²) < 4.78 is 0. The van der Waals surface area contributed by atoms with Crippen molar-refractivity contribution in [2.24, 2.45) is 17.3 Å². The van der Waals surface area contributed by atoms with E-state index in [1.165, 1.54) is 44.9 Å². The summed E-state index contributed by atoms with van der Waals surface area (Å²) in [6, 6.07) is 0. The van der Waals surface area contributed by atoms with Crippen LogP contribution in [0.5, 0.6) is 0 Å². The molecular formula is C16H30. The van der Waals surface area contributed by atoms with Gasteiger partial charge in [-0.05, 0) is 49.4 Å². The Morgan fingerprint density at radius 2 is 1.81 bits per heavy atom. The van der Waals surface area contributed by atoms with Gasteiger partial charge in [-0.25, -0.2) is 0 Å². The first kappa shape index (κ1) is 13.8. The molecule has 0 aromatic rings. The summed E-state index contributed by atoms with van der Waals surface area (Å²) in [5, 5.41) is 0. The lowest BCUT2D eigenvalue weighted by Gasteiger charge is -2.37. The molecule has 0 radical (unpaired) electrons. The highest BCUT2D eigenvalue weighted by atomic mass is 14.3. The summed E-state index contributed by atoms with van der Waals surface area (Å²) >= 11 is 0. The Morgan fingerprint density at radius 3 is 2.38 bits per heavy atom. The van der Waals surface area contributed by atoms with Crippen molar-refractivity contribution < 1.29 is 0 Å². The molecule has 0 bridgehead atoms. The van der Waals surface area contributed by atoms with Gasteiger partial charge in [0.15, 0.2) is 0 Å². The Kier molecular flexibility index (Phi) is 5.58. The van der Waals surface area contributed by atoms with Crippen LogP contribution in [-0.2, 0) is 0 Å². The molecule has 0 N–H and O–H groups in total. The van der Waals surface area contributed by atoms with Crippen molar-refractivity contribution in [3.8, 4) is 0 Å². The Bertz CT molecular complexity index is 201. The molecule has 16 heavy (non-hydrogen) atoms. The van der Waals surface area contributed by atoms with E-state index in [4.69, 9.17) is 0 Å². The molecule has 94 valence electrons. The standard InChI is InChI=1S/C16H30/c1-5-6-7-8-9-10-14-11-15(12-14)13-16(2,3)4/h9-10,14-15H,5-8,11-13H2,1-4H3/b10-9+. The van der Waals surface area contributed by atoms with E-state index in [0.29, 0.717) is 5.41 Å². The van der Waals surface area contributed by atoms with Gasteiger partial charge in [-0.3, -0.25) is 0 Å². The fourth-order valence-corrected chi connectivity index (χ4v) is 2.78. The van der Waals surface area contributed by atoms with Gasteiger partial charge in [-0.1, -0.05) is 52.7 Å². The monoisotopic (exact) mass is 222 g/mol. The molecule has 0 amide bonds. The second kappa shape index (κ2) is 6.47. The van der Waals surface area contributed by atoms with Crippen LogP contribution in [0.25, 0.3) is 0 Å². The summed E-state index contributed by atoms with van der Waals surface area (Å²) in [5.74, 6) is 1.92. The smallest absolute Gasteiger partial charge is 0.0228 e. The zero-order chi connectivity index (χ0) is 12.0. The van der Waals surface area contributed by atoms with E-state index in [2.05, 4.69) is 39.8 Å². The van der Waals surface area contributed by atoms with Gasteiger partial charge < -0.3 is 0 Å². The minimum absolute atomic E-state index is 0.528. The second-order valence-electron chi connectivity index (χ2n) is 6.79. The van der Waals surface area contributed by atoms with E-state index < -0.39 is 0 Å². The summed E-state index contributed by atoms with van der Waals surface area (Å²) in [6.45, 7) is 9.36. The van der Waals surface area contributed by atoms with E-state index in [1.54, 1.807) is 0 Å². The molecule has 1 aliphatic rings. The number of unbranched alkanes of at least 4 members (excludes halogenated alkanes) is 3. The van der Waals surface area contributed by atoms with Gasteiger partial charge in [0.05, 0.1) is 0 Å². The van der Waals surface area contributed by atoms with Gasteiger partial charge in [-0.2, -0.15) is 0 Å². The number of hydrogen-bond acceptors (Lipinski definition) is 0. The predicted molar refractivity (Wildman–Crippen MR) is 73.6 cm³/mol. The number of hydrogen-bond donors (Lipinski definition) is 0. The first-order chi connectivity index (χ1) is 7.51. The maximum absolute atomic E-state index is 2.48. The molecule has 0 aromatic carbocycles. The predicted octanol–water partition coefficient (Wildman–Crippen LogP) is 5.59. The average Bonchev–Trinajstić information content (AvgIpc) is 2.11. The quantitative estimate of drug-likeness (QED) is 0.406. The maximum atomic E-state index is 2.48. The first-order valence-corrected chi connectivity index (χ1v) is 7.18. The molecule has 0 unspecified atom stereocenters. The van der Waals surface area contributed by atoms with Crippen LogP contribution in [0, 0.1) is 17.3 Å². The average molecular weight is 222 g/mol. The van der Waals surface area contributed by atoms with E-state index in [1.807, 2.05) is 0 Å². The lowest BCUT2D eigenvalue weighted by Crippen LogP contribution is -2.26. The van der Waals surface area contributed by atoms with Crippen molar-refractivity contribution in [1.29, 1.82) is 0 Å². The Balaban J connectivity index is 2.03. The van der Waals surface area contributed by atoms with E-state index in [0.717, 1.165) is 11.8 Å². The van der Waals surface area contributed by atoms with Crippen molar-refractivity contribution >= 4 is 0 Å². The third kappa shape index (κ3) is 5.72. The molecular weight excluding hydrogens is 192 g/mol. The maximum Gasteiger partial charge on any atom is -0.0228 e. The summed E-state index contributed by atoms with van der Waals surface area (Å²) in [4.78, 5) is 0. The third-order valence-electron chi connectivity index (χ3n) is 3.56. The van der Waals surface area contributed by atoms with Gasteiger partial charge in [0.1, 0.15) is 0 Å². The van der Waals surface area contributed by atoms with Gasteiger partial charge in [0.25, 0.3) is 0 Å². The molecule has 0 heteroatoms. The minimum Gasteiger partial charge on any atom is -0.0883 e. The van der Waals surface area contributed by atoms with Crippen LogP contribution in [0.2, 0.25) is 0 Å². The summed E-state index contributed by atoms with van der Waals surface area (Å²) in [7, 11) is 0. The van der Waals surface area contributed by atoms with E-state index in [-0.39, 0.29) is 0 Å². The Morgan fingerprint density at radius 1 is 1.12 bits per heavy atom. The van der Waals surface area contributed by atoms with Crippen molar-refractivity contribution in [2.45, 2.75) is 72.6 Å². The normalized spacial score (nSPS) is 26.0. The first-order valence-electron chi connectivity index (χ1n) is 7.18. The highest BCUT2D eigenvalue weighted by Gasteiger charge is 2.30. The van der Waals surface area contributed by atoms with Crippen molar-refractivity contribution in [1.82, 2.24) is 0 Å². The third-order valence-corrected chi connectivity index (χ3v) is 3.56. The fourth-order valence-electron chi connectivity index (χ4n) is 2.78. The molecule has 0 heterocycles. The molecule has 0 nitrogen and oxygen atoms in total. The van der Waals surface area contributed by atoms with Crippen LogP contribution in [0.4, 0.5) is 0 Å². The zero-order valence-corrected chi connectivity index (χ0v) is 11.8. The van der Waals surface area contributed by atoms with Gasteiger partial charge in [0, 0.05) is 0 Å². The van der Waals surface area contributed by atoms with Crippen LogP contribution in [0.15, 0.2) is 12.2 Å². The van der Waals surface area contributed by atoms with Gasteiger partial charge in [-0.15, -0.1) is 0 Å². The van der Waals surface area contributed by atoms with Crippen molar-refractivity contribution in [2.75, 3.05) is 0 Å². The SMILES string of the molecule is CCCCC/C=C/C1CC(CC(C)(C)C)C1. The van der Waals surface area contributed by atoms with E-state index >= 15 is 0 Å². The van der Waals surface area contributed by atoms with Crippen LogP contribution >= 0.6 is 0 Å². The Hall–Kier alpha value is -0.260. The molecule has 1 fully saturated rings. The molecule has 0 aromatic heterocycles. The topological polar surface area (TPSA) is 0 Å². The van der Waals surface area contributed by atoms with Crippen LogP contribution in [-0.4, -0.2) is 0 Å². The van der Waals surface area contributed by atoms with Gasteiger partial charge >= 0.3 is 0 Å². The van der Waals surface area contributed by atoms with Crippen molar-refractivity contribution in [3.63, 3.8) is 0 Å². The molecule has 0 atom stereocenters. The molecule has 0 saturated heterocycles. The summed E-state index contributed by atoms with van der Waals surface area (Å²) in [5.41, 5.74) is 0.528. The number of allylic oxidation sites excluding steroid dienone is 2. The van der Waals surface area contributed by atoms with Crippen LogP contribution < -0.4 is 0 Å².